The fourth-order valence-corrected chi connectivity index (χ4v) is 3.43. The minimum Gasteiger partial charge on any atom is -0.379 e. The summed E-state index contributed by atoms with van der Waals surface area (Å²) < 4.78 is 5.39. The van der Waals surface area contributed by atoms with Gasteiger partial charge in [-0.3, -0.25) is 4.90 Å². The number of hydrogen-bond acceptors (Lipinski definition) is 4. The van der Waals surface area contributed by atoms with E-state index in [0.717, 1.165) is 44.8 Å². The fraction of sp³-hybridized carbons (Fsp3) is 0.471. The second-order valence-electron chi connectivity index (χ2n) is 5.41. The van der Waals surface area contributed by atoms with E-state index in [0.29, 0.717) is 0 Å². The van der Waals surface area contributed by atoms with Gasteiger partial charge in [0.25, 0.3) is 0 Å². The van der Waals surface area contributed by atoms with Gasteiger partial charge in [0.05, 0.1) is 23.8 Å². The number of aryl methyl sites for hydroxylation is 1. The summed E-state index contributed by atoms with van der Waals surface area (Å²) in [6.45, 7) is 5.07. The van der Waals surface area contributed by atoms with Gasteiger partial charge in [-0.2, -0.15) is 0 Å². The molecule has 1 fully saturated rings. The van der Waals surface area contributed by atoms with Crippen molar-refractivity contribution < 1.29 is 4.74 Å². The predicted octanol–water partition coefficient (Wildman–Crippen LogP) is 3.22. The van der Waals surface area contributed by atoms with E-state index in [1.165, 1.54) is 22.4 Å². The largest absolute Gasteiger partial charge is 0.379 e. The second kappa shape index (κ2) is 7.25. The van der Waals surface area contributed by atoms with E-state index in [1.807, 2.05) is 0 Å². The SMILES string of the molecule is CSc1nc2ccccc2cc1CCCN1CCOCC1. The first kappa shape index (κ1) is 14.8. The maximum Gasteiger partial charge on any atom is 0.0996 e. The number of ether oxygens (including phenoxy) is 1. The van der Waals surface area contributed by atoms with E-state index in [1.54, 1.807) is 11.8 Å². The van der Waals surface area contributed by atoms with E-state index >= 15 is 0 Å². The summed E-state index contributed by atoms with van der Waals surface area (Å²) in [5.41, 5.74) is 2.48. The maximum atomic E-state index is 5.39. The van der Waals surface area contributed by atoms with E-state index in [-0.39, 0.29) is 0 Å². The second-order valence-corrected chi connectivity index (χ2v) is 6.20. The van der Waals surface area contributed by atoms with Gasteiger partial charge in [0.1, 0.15) is 0 Å². The zero-order valence-corrected chi connectivity index (χ0v) is 13.4. The molecule has 0 saturated carbocycles. The lowest BCUT2D eigenvalue weighted by Gasteiger charge is -2.26. The van der Waals surface area contributed by atoms with Crippen molar-refractivity contribution in [2.45, 2.75) is 17.9 Å². The Morgan fingerprint density at radius 1 is 1.24 bits per heavy atom. The Labute approximate surface area is 130 Å². The third-order valence-corrected chi connectivity index (χ3v) is 4.72. The van der Waals surface area contributed by atoms with Gasteiger partial charge in [-0.1, -0.05) is 18.2 Å². The van der Waals surface area contributed by atoms with Crippen LogP contribution in [0.1, 0.15) is 12.0 Å². The highest BCUT2D eigenvalue weighted by Crippen LogP contribution is 2.24. The van der Waals surface area contributed by atoms with Crippen molar-refractivity contribution in [2.75, 3.05) is 39.1 Å². The van der Waals surface area contributed by atoms with Crippen LogP contribution in [-0.4, -0.2) is 49.0 Å². The Morgan fingerprint density at radius 2 is 2.05 bits per heavy atom. The topological polar surface area (TPSA) is 25.4 Å². The smallest absolute Gasteiger partial charge is 0.0996 e. The predicted molar refractivity (Wildman–Crippen MR) is 89.1 cm³/mol. The number of fused-ring (bicyclic) bond motifs is 1. The molecule has 0 amide bonds. The number of rotatable bonds is 5. The molecule has 1 aromatic carbocycles. The summed E-state index contributed by atoms with van der Waals surface area (Å²) in [5.74, 6) is 0. The van der Waals surface area contributed by atoms with Crippen LogP contribution in [0.2, 0.25) is 0 Å². The first-order valence-corrected chi connectivity index (χ1v) is 8.82. The monoisotopic (exact) mass is 302 g/mol. The molecule has 3 nitrogen and oxygen atoms in total. The van der Waals surface area contributed by atoms with Crippen LogP contribution >= 0.6 is 11.8 Å². The zero-order valence-electron chi connectivity index (χ0n) is 12.5. The molecule has 0 N–H and O–H groups in total. The zero-order chi connectivity index (χ0) is 14.5. The maximum absolute atomic E-state index is 5.39. The number of pyridine rings is 1. The molecule has 21 heavy (non-hydrogen) atoms. The lowest BCUT2D eigenvalue weighted by Crippen LogP contribution is -2.36. The standard InChI is InChI=1S/C17H22N2OS/c1-21-17-15(6-4-8-19-9-11-20-12-10-19)13-14-5-2-3-7-16(14)18-17/h2-3,5,7,13H,4,6,8-12H2,1H3. The van der Waals surface area contributed by atoms with Crippen LogP contribution in [0.25, 0.3) is 10.9 Å². The lowest BCUT2D eigenvalue weighted by atomic mass is 10.1. The molecule has 4 heteroatoms. The third kappa shape index (κ3) is 3.76. The number of aromatic nitrogens is 1. The molecule has 0 bridgehead atoms. The molecule has 3 rings (SSSR count). The van der Waals surface area contributed by atoms with Gasteiger partial charge < -0.3 is 4.74 Å². The summed E-state index contributed by atoms with van der Waals surface area (Å²) >= 11 is 1.75. The Hall–Kier alpha value is -1.10. The molecule has 0 spiro atoms. The van der Waals surface area contributed by atoms with Crippen molar-refractivity contribution in [1.29, 1.82) is 0 Å². The molecule has 0 radical (unpaired) electrons. The van der Waals surface area contributed by atoms with E-state index in [9.17, 15) is 0 Å². The molecular weight excluding hydrogens is 280 g/mol. The molecule has 1 aromatic heterocycles. The molecule has 1 saturated heterocycles. The summed E-state index contributed by atoms with van der Waals surface area (Å²) in [6.07, 6.45) is 4.40. The molecule has 1 aliphatic rings. The minimum atomic E-state index is 0.883. The molecule has 1 aliphatic heterocycles. The molecule has 2 aromatic rings. The summed E-state index contributed by atoms with van der Waals surface area (Å²) in [6, 6.07) is 10.7. The van der Waals surface area contributed by atoms with Crippen molar-refractivity contribution in [2.24, 2.45) is 0 Å². The van der Waals surface area contributed by atoms with Gasteiger partial charge in [0, 0.05) is 18.5 Å². The average Bonchev–Trinajstić information content (AvgIpc) is 2.55. The van der Waals surface area contributed by atoms with Crippen molar-refractivity contribution >= 4 is 22.7 Å². The number of hydrogen-bond donors (Lipinski definition) is 0. The van der Waals surface area contributed by atoms with Crippen molar-refractivity contribution in [3.8, 4) is 0 Å². The highest BCUT2D eigenvalue weighted by Gasteiger charge is 2.11. The van der Waals surface area contributed by atoms with E-state index in [2.05, 4.69) is 41.5 Å². The Bertz CT molecular complexity index is 596. The van der Waals surface area contributed by atoms with Crippen molar-refractivity contribution in [3.63, 3.8) is 0 Å². The van der Waals surface area contributed by atoms with Gasteiger partial charge in [-0.25, -0.2) is 4.98 Å². The van der Waals surface area contributed by atoms with Crippen LogP contribution in [0.15, 0.2) is 35.4 Å². The summed E-state index contributed by atoms with van der Waals surface area (Å²) in [7, 11) is 0. The van der Waals surface area contributed by atoms with Crippen LogP contribution in [-0.2, 0) is 11.2 Å². The van der Waals surface area contributed by atoms with E-state index in [4.69, 9.17) is 9.72 Å². The number of para-hydroxylation sites is 1. The minimum absolute atomic E-state index is 0.883. The van der Waals surface area contributed by atoms with Crippen LogP contribution in [0, 0.1) is 0 Å². The number of benzene rings is 1. The van der Waals surface area contributed by atoms with Crippen LogP contribution in [0.4, 0.5) is 0 Å². The van der Waals surface area contributed by atoms with Gasteiger partial charge in [0.15, 0.2) is 0 Å². The van der Waals surface area contributed by atoms with Gasteiger partial charge in [-0.05, 0) is 43.3 Å². The number of nitrogens with zero attached hydrogens (tertiary/aromatic N) is 2. The number of morpholine rings is 1. The Balaban J connectivity index is 1.67. The normalized spacial score (nSPS) is 16.4. The van der Waals surface area contributed by atoms with Crippen LogP contribution < -0.4 is 0 Å². The molecular formula is C17H22N2OS. The summed E-state index contributed by atoms with van der Waals surface area (Å²) in [5, 5.41) is 2.42. The first-order valence-electron chi connectivity index (χ1n) is 7.59. The highest BCUT2D eigenvalue weighted by atomic mass is 32.2. The quantitative estimate of drug-likeness (QED) is 0.792. The Kier molecular flexibility index (Phi) is 5.12. The van der Waals surface area contributed by atoms with Gasteiger partial charge in [0.2, 0.25) is 0 Å². The van der Waals surface area contributed by atoms with Crippen LogP contribution in [0.5, 0.6) is 0 Å². The first-order chi connectivity index (χ1) is 10.4. The fourth-order valence-electron chi connectivity index (χ4n) is 2.82. The molecule has 2 heterocycles. The van der Waals surface area contributed by atoms with Crippen LogP contribution in [0.3, 0.4) is 0 Å². The molecule has 0 aliphatic carbocycles. The number of thioether (sulfide) groups is 1. The lowest BCUT2D eigenvalue weighted by molar-refractivity contribution is 0.0374. The molecule has 112 valence electrons. The third-order valence-electron chi connectivity index (χ3n) is 3.98. The molecule has 0 unspecified atom stereocenters. The van der Waals surface area contributed by atoms with Crippen molar-refractivity contribution in [3.05, 3.63) is 35.9 Å². The summed E-state index contributed by atoms with van der Waals surface area (Å²) in [4.78, 5) is 7.29. The van der Waals surface area contributed by atoms with Crippen molar-refractivity contribution in [1.82, 2.24) is 9.88 Å². The van der Waals surface area contributed by atoms with E-state index < -0.39 is 0 Å². The Morgan fingerprint density at radius 3 is 2.86 bits per heavy atom. The highest BCUT2D eigenvalue weighted by molar-refractivity contribution is 7.98. The average molecular weight is 302 g/mol. The van der Waals surface area contributed by atoms with Gasteiger partial charge >= 0.3 is 0 Å². The van der Waals surface area contributed by atoms with Gasteiger partial charge in [-0.15, -0.1) is 11.8 Å². The molecule has 0 atom stereocenters.